The van der Waals surface area contributed by atoms with E-state index >= 15 is 0 Å². The number of amides is 1. The molecule has 2 rings (SSSR count). The summed E-state index contributed by atoms with van der Waals surface area (Å²) in [5, 5.41) is 25.7. The number of carbonyl (C=O) groups is 3. The third kappa shape index (κ3) is 7.33. The Labute approximate surface area is 144 Å². The smallest absolute Gasteiger partial charge is 0.328 e. The van der Waals surface area contributed by atoms with Gasteiger partial charge in [-0.2, -0.15) is 0 Å². The van der Waals surface area contributed by atoms with E-state index in [0.29, 0.717) is 18.7 Å². The Balaban J connectivity index is 0.000000307. The summed E-state index contributed by atoms with van der Waals surface area (Å²) in [6.45, 7) is 1.41. The molecule has 0 radical (unpaired) electrons. The standard InChI is InChI=1S/C11H20N2O2S.C4H4O4/c12-9(7-13-5-6-16-11(13)15)8-3-1-2-4-10(8)14;5-3(6)1-2-4(7)8/h8-10,14H,1-7,12H2;1-2H,(H,5,6)(H,7,8)/b;2-1+/t8-,9-,10+;/m0./s1. The number of nitrogens with two attached hydrogens (primary N) is 1. The number of aliphatic hydroxyl groups excluding tert-OH is 1. The quantitative estimate of drug-likeness (QED) is 0.526. The highest BCUT2D eigenvalue weighted by Crippen LogP contribution is 2.27. The van der Waals surface area contributed by atoms with Crippen LogP contribution in [0.3, 0.4) is 0 Å². The summed E-state index contributed by atoms with van der Waals surface area (Å²) in [6.07, 6.45) is 4.96. The van der Waals surface area contributed by atoms with Crippen molar-refractivity contribution in [2.75, 3.05) is 18.8 Å². The lowest BCUT2D eigenvalue weighted by atomic mass is 9.81. The first-order valence-corrected chi connectivity index (χ1v) is 8.79. The third-order valence-electron chi connectivity index (χ3n) is 3.98. The van der Waals surface area contributed by atoms with Crippen LogP contribution in [0.25, 0.3) is 0 Å². The predicted octanol–water partition coefficient (Wildman–Crippen LogP) is 0.745. The zero-order valence-corrected chi connectivity index (χ0v) is 14.2. The number of carboxylic acids is 2. The Hall–Kier alpha value is -1.58. The second-order valence-electron chi connectivity index (χ2n) is 5.75. The number of rotatable bonds is 5. The molecule has 1 amide bonds. The number of aliphatic carboxylic acids is 2. The van der Waals surface area contributed by atoms with E-state index in [-0.39, 0.29) is 23.3 Å². The summed E-state index contributed by atoms with van der Waals surface area (Å²) >= 11 is 1.36. The fraction of sp³-hybridized carbons (Fsp3) is 0.667. The van der Waals surface area contributed by atoms with E-state index in [1.54, 1.807) is 0 Å². The van der Waals surface area contributed by atoms with Gasteiger partial charge in [0.25, 0.3) is 5.24 Å². The van der Waals surface area contributed by atoms with Gasteiger partial charge in [-0.05, 0) is 12.8 Å². The van der Waals surface area contributed by atoms with Crippen molar-refractivity contribution in [1.82, 2.24) is 4.90 Å². The van der Waals surface area contributed by atoms with Crippen LogP contribution in [0.15, 0.2) is 12.2 Å². The number of thioether (sulfide) groups is 1. The molecular formula is C15H24N2O6S. The van der Waals surface area contributed by atoms with Crippen LogP contribution in [0.2, 0.25) is 0 Å². The molecular weight excluding hydrogens is 336 g/mol. The molecule has 0 bridgehead atoms. The van der Waals surface area contributed by atoms with Gasteiger partial charge < -0.3 is 26.0 Å². The summed E-state index contributed by atoms with van der Waals surface area (Å²) < 4.78 is 0. The van der Waals surface area contributed by atoms with Crippen molar-refractivity contribution in [1.29, 1.82) is 0 Å². The SMILES string of the molecule is N[C@@H](CN1CCSC1=O)[C@@H]1CCCC[C@H]1O.O=C(O)/C=C/C(=O)O. The zero-order valence-electron chi connectivity index (χ0n) is 13.3. The second kappa shape index (κ2) is 10.3. The first-order valence-electron chi connectivity index (χ1n) is 7.80. The number of carbonyl (C=O) groups excluding carboxylic acids is 1. The minimum absolute atomic E-state index is 0.0713. The Morgan fingerprint density at radius 3 is 2.29 bits per heavy atom. The minimum atomic E-state index is -1.26. The minimum Gasteiger partial charge on any atom is -0.478 e. The van der Waals surface area contributed by atoms with Crippen molar-refractivity contribution >= 4 is 28.9 Å². The van der Waals surface area contributed by atoms with Crippen molar-refractivity contribution in [3.8, 4) is 0 Å². The van der Waals surface area contributed by atoms with Gasteiger partial charge in [0.05, 0.1) is 6.10 Å². The molecule has 3 atom stereocenters. The highest BCUT2D eigenvalue weighted by molar-refractivity contribution is 8.13. The topological polar surface area (TPSA) is 141 Å². The third-order valence-corrected chi connectivity index (χ3v) is 4.87. The summed E-state index contributed by atoms with van der Waals surface area (Å²) in [7, 11) is 0. The predicted molar refractivity (Wildman–Crippen MR) is 89.8 cm³/mol. The van der Waals surface area contributed by atoms with Gasteiger partial charge in [0.1, 0.15) is 0 Å². The van der Waals surface area contributed by atoms with Crippen molar-refractivity contribution in [3.63, 3.8) is 0 Å². The Morgan fingerprint density at radius 2 is 1.83 bits per heavy atom. The Kier molecular flexibility index (Phi) is 8.80. The maximum atomic E-state index is 11.4. The number of hydrogen-bond acceptors (Lipinski definition) is 6. The fourth-order valence-electron chi connectivity index (χ4n) is 2.76. The molecule has 2 fully saturated rings. The molecule has 0 aromatic rings. The van der Waals surface area contributed by atoms with Crippen LogP contribution >= 0.6 is 11.8 Å². The van der Waals surface area contributed by atoms with Crippen LogP contribution < -0.4 is 5.73 Å². The van der Waals surface area contributed by atoms with E-state index in [1.165, 1.54) is 11.8 Å². The monoisotopic (exact) mass is 360 g/mol. The van der Waals surface area contributed by atoms with Crippen LogP contribution in [0.1, 0.15) is 25.7 Å². The number of hydrogen-bond donors (Lipinski definition) is 4. The van der Waals surface area contributed by atoms with Crippen molar-refractivity contribution < 1.29 is 29.7 Å². The van der Waals surface area contributed by atoms with E-state index < -0.39 is 11.9 Å². The lowest BCUT2D eigenvalue weighted by Gasteiger charge is -2.33. The van der Waals surface area contributed by atoms with Crippen molar-refractivity contribution in [2.24, 2.45) is 11.7 Å². The van der Waals surface area contributed by atoms with Gasteiger partial charge in [-0.1, -0.05) is 24.6 Å². The molecule has 1 saturated carbocycles. The average Bonchev–Trinajstić information content (AvgIpc) is 2.91. The number of carboxylic acid groups (broad SMARTS) is 2. The fourth-order valence-corrected chi connectivity index (χ4v) is 3.60. The average molecular weight is 360 g/mol. The molecule has 1 aliphatic heterocycles. The molecule has 1 saturated heterocycles. The first-order chi connectivity index (χ1) is 11.3. The molecule has 0 aromatic heterocycles. The lowest BCUT2D eigenvalue weighted by Crippen LogP contribution is -2.47. The summed E-state index contributed by atoms with van der Waals surface area (Å²) in [5.41, 5.74) is 6.12. The normalized spacial score (nSPS) is 25.2. The van der Waals surface area contributed by atoms with Gasteiger partial charge in [-0.25, -0.2) is 9.59 Å². The molecule has 1 aliphatic carbocycles. The second-order valence-corrected chi connectivity index (χ2v) is 6.80. The van der Waals surface area contributed by atoms with Crippen LogP contribution in [0.4, 0.5) is 4.79 Å². The highest BCUT2D eigenvalue weighted by Gasteiger charge is 2.31. The molecule has 0 unspecified atom stereocenters. The maximum absolute atomic E-state index is 11.4. The molecule has 2 aliphatic rings. The van der Waals surface area contributed by atoms with E-state index in [1.807, 2.05) is 4.90 Å². The van der Waals surface area contributed by atoms with E-state index in [0.717, 1.165) is 38.0 Å². The van der Waals surface area contributed by atoms with Crippen molar-refractivity contribution in [2.45, 2.75) is 37.8 Å². The number of nitrogens with zero attached hydrogens (tertiary/aromatic N) is 1. The highest BCUT2D eigenvalue weighted by atomic mass is 32.2. The molecule has 8 nitrogen and oxygen atoms in total. The summed E-state index contributed by atoms with van der Waals surface area (Å²) in [4.78, 5) is 32.4. The molecule has 5 N–H and O–H groups in total. The van der Waals surface area contributed by atoms with Gasteiger partial charge in [0, 0.05) is 43.0 Å². The summed E-state index contributed by atoms with van der Waals surface area (Å²) in [5.74, 6) is -1.47. The summed E-state index contributed by atoms with van der Waals surface area (Å²) in [6, 6.07) is -0.0713. The van der Waals surface area contributed by atoms with E-state index in [9.17, 15) is 19.5 Å². The van der Waals surface area contributed by atoms with Crippen molar-refractivity contribution in [3.05, 3.63) is 12.2 Å². The van der Waals surface area contributed by atoms with Gasteiger partial charge in [-0.3, -0.25) is 4.79 Å². The van der Waals surface area contributed by atoms with Crippen LogP contribution in [0, 0.1) is 5.92 Å². The molecule has 24 heavy (non-hydrogen) atoms. The molecule has 9 heteroatoms. The maximum Gasteiger partial charge on any atom is 0.328 e. The molecule has 0 aromatic carbocycles. The first kappa shape index (κ1) is 20.5. The largest absolute Gasteiger partial charge is 0.478 e. The van der Waals surface area contributed by atoms with Gasteiger partial charge >= 0.3 is 11.9 Å². The van der Waals surface area contributed by atoms with Gasteiger partial charge in [0.2, 0.25) is 0 Å². The Morgan fingerprint density at radius 1 is 1.25 bits per heavy atom. The van der Waals surface area contributed by atoms with E-state index in [2.05, 4.69) is 0 Å². The lowest BCUT2D eigenvalue weighted by molar-refractivity contribution is -0.134. The Bertz CT molecular complexity index is 469. The zero-order chi connectivity index (χ0) is 18.1. The van der Waals surface area contributed by atoms with Gasteiger partial charge in [0.15, 0.2) is 0 Å². The molecule has 0 spiro atoms. The molecule has 1 heterocycles. The van der Waals surface area contributed by atoms with Gasteiger partial charge in [-0.15, -0.1) is 0 Å². The van der Waals surface area contributed by atoms with Crippen LogP contribution in [-0.4, -0.2) is 68.4 Å². The van der Waals surface area contributed by atoms with Crippen LogP contribution in [0.5, 0.6) is 0 Å². The molecule has 136 valence electrons. The van der Waals surface area contributed by atoms with Crippen LogP contribution in [-0.2, 0) is 9.59 Å². The van der Waals surface area contributed by atoms with E-state index in [4.69, 9.17) is 15.9 Å². The number of aliphatic hydroxyl groups is 1.